The summed E-state index contributed by atoms with van der Waals surface area (Å²) in [5.41, 5.74) is 4.71. The molecule has 0 unspecified atom stereocenters. The smallest absolute Gasteiger partial charge is 0.0824 e. The first kappa shape index (κ1) is 13.3. The molecule has 1 aromatic carbocycles. The van der Waals surface area contributed by atoms with Crippen LogP contribution in [0.5, 0.6) is 0 Å². The molecule has 4 heteroatoms. The summed E-state index contributed by atoms with van der Waals surface area (Å²) in [6, 6.07) is 8.49. The van der Waals surface area contributed by atoms with Crippen molar-refractivity contribution in [3.8, 4) is 11.3 Å². The molecule has 1 N–H and O–H groups in total. The first-order valence-corrected chi connectivity index (χ1v) is 6.85. The highest BCUT2D eigenvalue weighted by atomic mass is 79.9. The van der Waals surface area contributed by atoms with Gasteiger partial charge in [0.05, 0.1) is 15.9 Å². The van der Waals surface area contributed by atoms with Gasteiger partial charge in [0.15, 0.2) is 0 Å². The number of likely N-dealkylation sites (N-methyl/N-ethyl adjacent to an activating group) is 1. The van der Waals surface area contributed by atoms with Gasteiger partial charge in [-0.25, -0.2) is 0 Å². The van der Waals surface area contributed by atoms with Crippen molar-refractivity contribution in [1.82, 2.24) is 15.1 Å². The van der Waals surface area contributed by atoms with Gasteiger partial charge in [-0.2, -0.15) is 5.10 Å². The molecular formula is C14H18BrN3. The zero-order valence-corrected chi connectivity index (χ0v) is 12.6. The largest absolute Gasteiger partial charge is 0.319 e. The monoisotopic (exact) mass is 307 g/mol. The van der Waals surface area contributed by atoms with Gasteiger partial charge in [-0.15, -0.1) is 0 Å². The first-order chi connectivity index (χ1) is 8.63. The van der Waals surface area contributed by atoms with Crippen molar-refractivity contribution < 1.29 is 0 Å². The molecule has 0 aliphatic heterocycles. The van der Waals surface area contributed by atoms with E-state index in [1.165, 1.54) is 11.1 Å². The lowest BCUT2D eigenvalue weighted by molar-refractivity contribution is 0.720. The Morgan fingerprint density at radius 1 is 1.39 bits per heavy atom. The molecule has 18 heavy (non-hydrogen) atoms. The molecule has 0 saturated heterocycles. The summed E-state index contributed by atoms with van der Waals surface area (Å²) >= 11 is 3.68. The number of halogens is 1. The number of hydrogen-bond acceptors (Lipinski definition) is 2. The van der Waals surface area contributed by atoms with E-state index in [0.29, 0.717) is 0 Å². The molecule has 3 nitrogen and oxygen atoms in total. The van der Waals surface area contributed by atoms with Crippen LogP contribution in [0.4, 0.5) is 0 Å². The van der Waals surface area contributed by atoms with Crippen molar-refractivity contribution in [2.75, 3.05) is 13.6 Å². The van der Waals surface area contributed by atoms with Gasteiger partial charge < -0.3 is 5.32 Å². The van der Waals surface area contributed by atoms with E-state index in [2.05, 4.69) is 57.5 Å². The normalized spacial score (nSPS) is 10.9. The molecular weight excluding hydrogens is 290 g/mol. The maximum atomic E-state index is 4.58. The average molecular weight is 308 g/mol. The van der Waals surface area contributed by atoms with Crippen LogP contribution < -0.4 is 5.32 Å². The van der Waals surface area contributed by atoms with Gasteiger partial charge >= 0.3 is 0 Å². The summed E-state index contributed by atoms with van der Waals surface area (Å²) in [6.45, 7) is 3.04. The highest BCUT2D eigenvalue weighted by Gasteiger charge is 2.14. The minimum Gasteiger partial charge on any atom is -0.319 e. The number of hydrogen-bond donors (Lipinski definition) is 1. The molecule has 0 radical (unpaired) electrons. The zero-order chi connectivity index (χ0) is 13.1. The predicted molar refractivity (Wildman–Crippen MR) is 78.7 cm³/mol. The van der Waals surface area contributed by atoms with Gasteiger partial charge in [-0.1, -0.05) is 23.8 Å². The predicted octanol–water partition coefficient (Wildman–Crippen LogP) is 2.92. The van der Waals surface area contributed by atoms with E-state index in [4.69, 9.17) is 0 Å². The van der Waals surface area contributed by atoms with Crippen molar-refractivity contribution in [1.29, 1.82) is 0 Å². The third-order valence-electron chi connectivity index (χ3n) is 2.96. The SMILES string of the molecule is CNCCc1nn(C)c(-c2cccc(C)c2)c1Br. The van der Waals surface area contributed by atoms with Crippen LogP contribution in [0.1, 0.15) is 11.3 Å². The average Bonchev–Trinajstić information content (AvgIpc) is 2.62. The Labute approximate surface area is 116 Å². The Kier molecular flexibility index (Phi) is 4.19. The second-order valence-electron chi connectivity index (χ2n) is 4.46. The molecule has 0 aliphatic rings. The van der Waals surface area contributed by atoms with E-state index in [1.54, 1.807) is 0 Å². The summed E-state index contributed by atoms with van der Waals surface area (Å²) in [7, 11) is 3.95. The van der Waals surface area contributed by atoms with E-state index in [0.717, 1.165) is 28.8 Å². The fourth-order valence-electron chi connectivity index (χ4n) is 2.06. The van der Waals surface area contributed by atoms with Gasteiger partial charge in [-0.3, -0.25) is 4.68 Å². The van der Waals surface area contributed by atoms with Crippen molar-refractivity contribution >= 4 is 15.9 Å². The molecule has 0 fully saturated rings. The van der Waals surface area contributed by atoms with Crippen LogP contribution >= 0.6 is 15.9 Å². The molecule has 0 aliphatic carbocycles. The molecule has 0 spiro atoms. The minimum absolute atomic E-state index is 0.927. The fourth-order valence-corrected chi connectivity index (χ4v) is 2.83. The van der Waals surface area contributed by atoms with Crippen LogP contribution in [0, 0.1) is 6.92 Å². The van der Waals surface area contributed by atoms with E-state index in [1.807, 2.05) is 18.8 Å². The number of rotatable bonds is 4. The summed E-state index contributed by atoms with van der Waals surface area (Å²) < 4.78 is 3.05. The number of nitrogens with zero attached hydrogens (tertiary/aromatic N) is 2. The third kappa shape index (κ3) is 2.65. The summed E-state index contributed by atoms with van der Waals surface area (Å²) in [5, 5.41) is 7.73. The van der Waals surface area contributed by atoms with Crippen molar-refractivity contribution in [3.05, 3.63) is 40.0 Å². The van der Waals surface area contributed by atoms with Crippen LogP contribution in [-0.2, 0) is 13.5 Å². The number of benzene rings is 1. The molecule has 0 saturated carbocycles. The van der Waals surface area contributed by atoms with E-state index >= 15 is 0 Å². The van der Waals surface area contributed by atoms with Gasteiger partial charge in [-0.05, 0) is 36.0 Å². The number of nitrogens with one attached hydrogen (secondary N) is 1. The maximum Gasteiger partial charge on any atom is 0.0824 e. The van der Waals surface area contributed by atoms with Crippen molar-refractivity contribution in [2.45, 2.75) is 13.3 Å². The van der Waals surface area contributed by atoms with Crippen LogP contribution in [-0.4, -0.2) is 23.4 Å². The molecule has 0 bridgehead atoms. The van der Waals surface area contributed by atoms with Gasteiger partial charge in [0.1, 0.15) is 0 Å². The van der Waals surface area contributed by atoms with Gasteiger partial charge in [0, 0.05) is 25.6 Å². The van der Waals surface area contributed by atoms with Crippen molar-refractivity contribution in [3.63, 3.8) is 0 Å². The lowest BCUT2D eigenvalue weighted by Crippen LogP contribution is -2.11. The standard InChI is InChI=1S/C14H18BrN3/c1-10-5-4-6-11(9-10)14-13(15)12(7-8-16-2)17-18(14)3/h4-6,9,16H,7-8H2,1-3H3. The Balaban J connectivity index is 2.42. The highest BCUT2D eigenvalue weighted by molar-refractivity contribution is 9.10. The zero-order valence-electron chi connectivity index (χ0n) is 11.0. The van der Waals surface area contributed by atoms with E-state index in [-0.39, 0.29) is 0 Å². The Morgan fingerprint density at radius 3 is 2.83 bits per heavy atom. The summed E-state index contributed by atoms with van der Waals surface area (Å²) in [6.07, 6.45) is 0.927. The highest BCUT2D eigenvalue weighted by Crippen LogP contribution is 2.31. The topological polar surface area (TPSA) is 29.9 Å². The molecule has 1 aromatic heterocycles. The second kappa shape index (κ2) is 5.67. The molecule has 2 aromatic rings. The Morgan fingerprint density at radius 2 is 2.17 bits per heavy atom. The maximum absolute atomic E-state index is 4.58. The summed E-state index contributed by atoms with van der Waals surface area (Å²) in [5.74, 6) is 0. The minimum atomic E-state index is 0.927. The van der Waals surface area contributed by atoms with E-state index in [9.17, 15) is 0 Å². The van der Waals surface area contributed by atoms with Gasteiger partial charge in [0.2, 0.25) is 0 Å². The lowest BCUT2D eigenvalue weighted by Gasteiger charge is -2.04. The first-order valence-electron chi connectivity index (χ1n) is 6.06. The molecule has 2 rings (SSSR count). The molecule has 0 amide bonds. The van der Waals surface area contributed by atoms with Crippen LogP contribution in [0.25, 0.3) is 11.3 Å². The fraction of sp³-hybridized carbons (Fsp3) is 0.357. The van der Waals surface area contributed by atoms with Crippen molar-refractivity contribution in [2.24, 2.45) is 7.05 Å². The number of aryl methyl sites for hydroxylation is 2. The molecule has 1 heterocycles. The molecule has 0 atom stereocenters. The molecule has 96 valence electrons. The van der Waals surface area contributed by atoms with Crippen LogP contribution in [0.3, 0.4) is 0 Å². The lowest BCUT2D eigenvalue weighted by atomic mass is 10.1. The quantitative estimate of drug-likeness (QED) is 0.941. The summed E-state index contributed by atoms with van der Waals surface area (Å²) in [4.78, 5) is 0. The van der Waals surface area contributed by atoms with Gasteiger partial charge in [0.25, 0.3) is 0 Å². The van der Waals surface area contributed by atoms with E-state index < -0.39 is 0 Å². The second-order valence-corrected chi connectivity index (χ2v) is 5.25. The number of aromatic nitrogens is 2. The van der Waals surface area contributed by atoms with Crippen LogP contribution in [0.2, 0.25) is 0 Å². The Bertz CT molecular complexity index is 546. The Hall–Kier alpha value is -1.13. The van der Waals surface area contributed by atoms with Crippen LogP contribution in [0.15, 0.2) is 28.7 Å². The third-order valence-corrected chi connectivity index (χ3v) is 3.79.